The topological polar surface area (TPSA) is 49.3 Å². The van der Waals surface area contributed by atoms with Crippen LogP contribution < -0.4 is 10.6 Å². The van der Waals surface area contributed by atoms with Crippen molar-refractivity contribution in [1.82, 2.24) is 14.8 Å². The predicted molar refractivity (Wildman–Crippen MR) is 127 cm³/mol. The number of fused-ring (bicyclic) bond motifs is 1. The van der Waals surface area contributed by atoms with E-state index in [9.17, 15) is 9.18 Å². The average Bonchev–Trinajstić information content (AvgIpc) is 3.55. The summed E-state index contributed by atoms with van der Waals surface area (Å²) in [5.41, 5.74) is 6.05. The first kappa shape index (κ1) is 21.0. The maximum absolute atomic E-state index is 13.6. The van der Waals surface area contributed by atoms with Gasteiger partial charge in [-0.15, -0.1) is 0 Å². The molecule has 5 rings (SSSR count). The first-order valence-corrected chi connectivity index (χ1v) is 11.6. The summed E-state index contributed by atoms with van der Waals surface area (Å²) < 4.78 is 15.9. The Morgan fingerprint density at radius 3 is 2.62 bits per heavy atom. The fourth-order valence-corrected chi connectivity index (χ4v) is 4.70. The molecule has 0 spiro atoms. The number of amides is 1. The van der Waals surface area contributed by atoms with Crippen molar-refractivity contribution in [3.63, 3.8) is 0 Å². The Hall–Kier alpha value is -2.86. The molecule has 168 valence electrons. The Morgan fingerprint density at radius 2 is 1.91 bits per heavy atom. The second-order valence-corrected chi connectivity index (χ2v) is 9.27. The largest absolute Gasteiger partial charge is 0.379 e. The Morgan fingerprint density at radius 1 is 1.12 bits per heavy atom. The lowest BCUT2D eigenvalue weighted by atomic mass is 10.1. The molecule has 2 aromatic carbocycles. The zero-order valence-electron chi connectivity index (χ0n) is 18.9. The number of aromatic nitrogens is 1. The van der Waals surface area contributed by atoms with Crippen molar-refractivity contribution in [1.29, 1.82) is 0 Å². The van der Waals surface area contributed by atoms with Gasteiger partial charge in [-0.2, -0.15) is 0 Å². The minimum absolute atomic E-state index is 0.0852. The van der Waals surface area contributed by atoms with Gasteiger partial charge in [0.25, 0.3) is 5.91 Å². The van der Waals surface area contributed by atoms with E-state index in [2.05, 4.69) is 28.2 Å². The van der Waals surface area contributed by atoms with Crippen LogP contribution in [-0.2, 0) is 13.1 Å². The molecule has 1 aliphatic carbocycles. The van der Waals surface area contributed by atoms with Crippen LogP contribution in [0.5, 0.6) is 0 Å². The van der Waals surface area contributed by atoms with Gasteiger partial charge in [0, 0.05) is 55.9 Å². The molecule has 0 radical (unpaired) electrons. The number of nitrogens with zero attached hydrogens (tertiary/aromatic N) is 2. The highest BCUT2D eigenvalue weighted by atomic mass is 19.1. The third-order valence-electron chi connectivity index (χ3n) is 6.76. The Bertz CT molecular complexity index is 1160. The first-order chi connectivity index (χ1) is 15.5. The van der Waals surface area contributed by atoms with Gasteiger partial charge in [0.2, 0.25) is 0 Å². The molecule has 2 heterocycles. The summed E-state index contributed by atoms with van der Waals surface area (Å²) in [5.74, 6) is 0.617. The fraction of sp³-hybridized carbons (Fsp3) is 0.423. The fourth-order valence-electron chi connectivity index (χ4n) is 4.70. The van der Waals surface area contributed by atoms with E-state index in [4.69, 9.17) is 0 Å². The predicted octanol–water partition coefficient (Wildman–Crippen LogP) is 4.46. The number of piperazine rings is 1. The third kappa shape index (κ3) is 4.24. The van der Waals surface area contributed by atoms with Crippen LogP contribution in [0.4, 0.5) is 10.1 Å². The number of rotatable bonds is 6. The number of nitrogens with one attached hydrogen (secondary N) is 2. The molecule has 2 aliphatic rings. The summed E-state index contributed by atoms with van der Waals surface area (Å²) in [4.78, 5) is 15.2. The van der Waals surface area contributed by atoms with Crippen molar-refractivity contribution in [2.75, 3.05) is 31.5 Å². The van der Waals surface area contributed by atoms with Gasteiger partial charge in [-0.25, -0.2) is 4.39 Å². The number of halogens is 1. The van der Waals surface area contributed by atoms with Crippen molar-refractivity contribution in [3.8, 4) is 0 Å². The normalized spacial score (nSPS) is 16.5. The monoisotopic (exact) mass is 434 g/mol. The number of aryl methyl sites for hydroxylation is 2. The SMILES string of the molecule is Cc1cc(F)ccc1CNc1cc(C(=O)N2CCNCC2)cc2cc(C)n(CC3CC3)c12. The van der Waals surface area contributed by atoms with E-state index in [1.54, 1.807) is 6.07 Å². The van der Waals surface area contributed by atoms with E-state index >= 15 is 0 Å². The highest BCUT2D eigenvalue weighted by Gasteiger charge is 2.25. The zero-order chi connectivity index (χ0) is 22.2. The number of hydrogen-bond donors (Lipinski definition) is 2. The second-order valence-electron chi connectivity index (χ2n) is 9.27. The molecule has 2 N–H and O–H groups in total. The van der Waals surface area contributed by atoms with Gasteiger partial charge in [0.15, 0.2) is 0 Å². The molecule has 1 amide bonds. The molecule has 1 aliphatic heterocycles. The summed E-state index contributed by atoms with van der Waals surface area (Å²) in [6.07, 6.45) is 2.58. The number of anilines is 1. The van der Waals surface area contributed by atoms with Gasteiger partial charge in [0.05, 0.1) is 11.2 Å². The van der Waals surface area contributed by atoms with Gasteiger partial charge in [-0.3, -0.25) is 4.79 Å². The molecule has 2 fully saturated rings. The Balaban J connectivity index is 1.52. The number of carbonyl (C=O) groups is 1. The van der Waals surface area contributed by atoms with Gasteiger partial charge >= 0.3 is 0 Å². The molecule has 1 aromatic heterocycles. The molecule has 6 heteroatoms. The van der Waals surface area contributed by atoms with Crippen LogP contribution in [0.15, 0.2) is 36.4 Å². The molecule has 0 bridgehead atoms. The standard InChI is InChI=1S/C26H31FN4O/c1-17-11-23(27)6-5-20(17)15-29-24-14-22(26(32)30-9-7-28-8-10-30)13-21-12-18(2)31(25(21)24)16-19-3-4-19/h5-6,11-14,19,28-29H,3-4,7-10,15-16H2,1-2H3. The van der Waals surface area contributed by atoms with Crippen LogP contribution in [0.3, 0.4) is 0 Å². The molecular weight excluding hydrogens is 403 g/mol. The van der Waals surface area contributed by atoms with Crippen molar-refractivity contribution in [2.45, 2.75) is 39.8 Å². The molecule has 0 atom stereocenters. The highest BCUT2D eigenvalue weighted by Crippen LogP contribution is 2.36. The van der Waals surface area contributed by atoms with E-state index < -0.39 is 0 Å². The van der Waals surface area contributed by atoms with Crippen LogP contribution in [0, 0.1) is 25.6 Å². The van der Waals surface area contributed by atoms with Crippen molar-refractivity contribution >= 4 is 22.5 Å². The van der Waals surface area contributed by atoms with Crippen molar-refractivity contribution in [3.05, 3.63) is 64.6 Å². The molecule has 1 saturated carbocycles. The van der Waals surface area contributed by atoms with Gasteiger partial charge in [-0.1, -0.05) is 6.07 Å². The zero-order valence-corrected chi connectivity index (χ0v) is 18.9. The summed E-state index contributed by atoms with van der Waals surface area (Å²) >= 11 is 0. The molecule has 1 saturated heterocycles. The maximum atomic E-state index is 13.6. The van der Waals surface area contributed by atoms with Crippen LogP contribution in [-0.4, -0.2) is 41.6 Å². The minimum Gasteiger partial charge on any atom is -0.379 e. The highest BCUT2D eigenvalue weighted by molar-refractivity contribution is 6.03. The van der Waals surface area contributed by atoms with Crippen molar-refractivity contribution in [2.24, 2.45) is 5.92 Å². The van der Waals surface area contributed by atoms with Gasteiger partial charge < -0.3 is 20.1 Å². The summed E-state index contributed by atoms with van der Waals surface area (Å²) in [7, 11) is 0. The van der Waals surface area contributed by atoms with Crippen LogP contribution in [0.25, 0.3) is 10.9 Å². The first-order valence-electron chi connectivity index (χ1n) is 11.6. The summed E-state index contributed by atoms with van der Waals surface area (Å²) in [6, 6.07) is 11.2. The maximum Gasteiger partial charge on any atom is 0.254 e. The summed E-state index contributed by atoms with van der Waals surface area (Å²) in [6.45, 7) is 8.81. The number of carbonyl (C=O) groups excluding carboxylic acids is 1. The molecule has 3 aromatic rings. The molecule has 5 nitrogen and oxygen atoms in total. The molecule has 32 heavy (non-hydrogen) atoms. The Labute approximate surface area is 188 Å². The van der Waals surface area contributed by atoms with E-state index in [-0.39, 0.29) is 11.7 Å². The smallest absolute Gasteiger partial charge is 0.254 e. The lowest BCUT2D eigenvalue weighted by Crippen LogP contribution is -2.46. The van der Waals surface area contributed by atoms with E-state index in [1.165, 1.54) is 24.6 Å². The molecular formula is C26H31FN4O. The summed E-state index contributed by atoms with van der Waals surface area (Å²) in [5, 5.41) is 7.99. The third-order valence-corrected chi connectivity index (χ3v) is 6.76. The number of hydrogen-bond acceptors (Lipinski definition) is 3. The quantitative estimate of drug-likeness (QED) is 0.602. The minimum atomic E-state index is -0.216. The van der Waals surface area contributed by atoms with Crippen molar-refractivity contribution < 1.29 is 9.18 Å². The number of benzene rings is 2. The van der Waals surface area contributed by atoms with Crippen LogP contribution in [0.2, 0.25) is 0 Å². The van der Waals surface area contributed by atoms with E-state index in [0.29, 0.717) is 6.54 Å². The lowest BCUT2D eigenvalue weighted by Gasteiger charge is -2.27. The second kappa shape index (κ2) is 8.58. The molecule has 0 unspecified atom stereocenters. The van der Waals surface area contributed by atoms with Crippen LogP contribution in [0.1, 0.15) is 40.0 Å². The van der Waals surface area contributed by atoms with E-state index in [1.807, 2.05) is 30.0 Å². The Kier molecular flexibility index (Phi) is 5.64. The lowest BCUT2D eigenvalue weighted by molar-refractivity contribution is 0.0736. The van der Waals surface area contributed by atoms with Gasteiger partial charge in [0.1, 0.15) is 5.82 Å². The van der Waals surface area contributed by atoms with Crippen LogP contribution >= 0.6 is 0 Å². The average molecular weight is 435 g/mol. The van der Waals surface area contributed by atoms with E-state index in [0.717, 1.165) is 71.9 Å². The van der Waals surface area contributed by atoms with Gasteiger partial charge in [-0.05, 0) is 74.1 Å².